The minimum absolute atomic E-state index is 0.0963. The zero-order valence-electron chi connectivity index (χ0n) is 15.0. The van der Waals surface area contributed by atoms with Gasteiger partial charge >= 0.3 is 6.18 Å². The highest BCUT2D eigenvalue weighted by Gasteiger charge is 2.31. The van der Waals surface area contributed by atoms with Crippen LogP contribution in [0.2, 0.25) is 0 Å². The lowest BCUT2D eigenvalue weighted by atomic mass is 10.1. The summed E-state index contributed by atoms with van der Waals surface area (Å²) in [5.41, 5.74) is 4.40. The lowest BCUT2D eigenvalue weighted by molar-refractivity contribution is -0.137. The first kappa shape index (κ1) is 21.1. The quantitative estimate of drug-likeness (QED) is 0.713. The lowest BCUT2D eigenvalue weighted by Gasteiger charge is -2.15. The van der Waals surface area contributed by atoms with Crippen LogP contribution in [0.25, 0.3) is 0 Å². The SMILES string of the molecule is CCCOc1ccc(C(F)(F)F)cc1NC(=O)COc1ccc(C(N)=O)cc1. The van der Waals surface area contributed by atoms with Crippen LogP contribution in [0.3, 0.4) is 0 Å². The summed E-state index contributed by atoms with van der Waals surface area (Å²) < 4.78 is 49.5. The smallest absolute Gasteiger partial charge is 0.416 e. The molecule has 2 aromatic rings. The van der Waals surface area contributed by atoms with E-state index in [1.54, 1.807) is 0 Å². The van der Waals surface area contributed by atoms with E-state index < -0.39 is 30.2 Å². The van der Waals surface area contributed by atoms with Crippen molar-refractivity contribution in [1.29, 1.82) is 0 Å². The number of nitrogens with two attached hydrogens (primary N) is 1. The number of hydrogen-bond acceptors (Lipinski definition) is 4. The van der Waals surface area contributed by atoms with Crippen molar-refractivity contribution in [2.24, 2.45) is 5.73 Å². The highest BCUT2D eigenvalue weighted by Crippen LogP contribution is 2.35. The Morgan fingerprint density at radius 1 is 1.07 bits per heavy atom. The molecule has 28 heavy (non-hydrogen) atoms. The van der Waals surface area contributed by atoms with Crippen molar-refractivity contribution in [3.8, 4) is 11.5 Å². The van der Waals surface area contributed by atoms with E-state index in [0.29, 0.717) is 12.2 Å². The summed E-state index contributed by atoms with van der Waals surface area (Å²) in [6.07, 6.45) is -3.90. The van der Waals surface area contributed by atoms with Crippen LogP contribution in [-0.2, 0) is 11.0 Å². The molecule has 150 valence electrons. The lowest BCUT2D eigenvalue weighted by Crippen LogP contribution is -2.21. The molecule has 0 aromatic heterocycles. The van der Waals surface area contributed by atoms with Crippen molar-refractivity contribution in [3.63, 3.8) is 0 Å². The molecule has 0 fully saturated rings. The van der Waals surface area contributed by atoms with Gasteiger partial charge in [0, 0.05) is 5.56 Å². The Labute approximate surface area is 159 Å². The van der Waals surface area contributed by atoms with Crippen molar-refractivity contribution in [2.75, 3.05) is 18.5 Å². The molecule has 0 bridgehead atoms. The van der Waals surface area contributed by atoms with Crippen molar-refractivity contribution in [1.82, 2.24) is 0 Å². The number of alkyl halides is 3. The van der Waals surface area contributed by atoms with Gasteiger partial charge in [-0.05, 0) is 48.9 Å². The van der Waals surface area contributed by atoms with E-state index in [-0.39, 0.29) is 23.6 Å². The van der Waals surface area contributed by atoms with E-state index in [0.717, 1.165) is 18.2 Å². The summed E-state index contributed by atoms with van der Waals surface area (Å²) in [6, 6.07) is 8.62. The largest absolute Gasteiger partial charge is 0.491 e. The van der Waals surface area contributed by atoms with Gasteiger partial charge in [-0.15, -0.1) is 0 Å². The van der Waals surface area contributed by atoms with Crippen LogP contribution >= 0.6 is 0 Å². The van der Waals surface area contributed by atoms with Gasteiger partial charge < -0.3 is 20.5 Å². The number of amides is 2. The molecule has 0 aliphatic carbocycles. The number of primary amides is 1. The summed E-state index contributed by atoms with van der Waals surface area (Å²) in [7, 11) is 0. The average Bonchev–Trinajstić information content (AvgIpc) is 2.65. The molecule has 3 N–H and O–H groups in total. The van der Waals surface area contributed by atoms with E-state index >= 15 is 0 Å². The summed E-state index contributed by atoms with van der Waals surface area (Å²) in [5.74, 6) is -0.839. The van der Waals surface area contributed by atoms with Crippen LogP contribution in [0.1, 0.15) is 29.3 Å². The molecular formula is C19H19F3N2O4. The Kier molecular flexibility index (Phi) is 6.86. The maximum Gasteiger partial charge on any atom is 0.416 e. The minimum atomic E-state index is -4.55. The third-order valence-corrected chi connectivity index (χ3v) is 3.55. The first-order chi connectivity index (χ1) is 13.2. The Morgan fingerprint density at radius 2 is 1.75 bits per heavy atom. The fourth-order valence-corrected chi connectivity index (χ4v) is 2.19. The fourth-order valence-electron chi connectivity index (χ4n) is 2.19. The number of nitrogens with one attached hydrogen (secondary N) is 1. The van der Waals surface area contributed by atoms with Gasteiger partial charge in [-0.2, -0.15) is 13.2 Å². The number of carbonyl (C=O) groups is 2. The number of benzene rings is 2. The van der Waals surface area contributed by atoms with Crippen LogP contribution in [0.15, 0.2) is 42.5 Å². The first-order valence-electron chi connectivity index (χ1n) is 8.37. The molecule has 2 rings (SSSR count). The topological polar surface area (TPSA) is 90.7 Å². The molecule has 0 spiro atoms. The number of hydrogen-bond donors (Lipinski definition) is 2. The maximum absolute atomic E-state index is 12.9. The Bertz CT molecular complexity index is 836. The number of ether oxygens (including phenoxy) is 2. The second-order valence-corrected chi connectivity index (χ2v) is 5.78. The van der Waals surface area contributed by atoms with E-state index in [2.05, 4.69) is 5.32 Å². The highest BCUT2D eigenvalue weighted by molar-refractivity contribution is 5.94. The second kappa shape index (κ2) is 9.12. The van der Waals surface area contributed by atoms with Gasteiger partial charge in [0.25, 0.3) is 5.91 Å². The molecule has 2 amide bonds. The van der Waals surface area contributed by atoms with Gasteiger partial charge in [-0.3, -0.25) is 9.59 Å². The maximum atomic E-state index is 12.9. The van der Waals surface area contributed by atoms with Crippen LogP contribution in [-0.4, -0.2) is 25.0 Å². The monoisotopic (exact) mass is 396 g/mol. The zero-order valence-corrected chi connectivity index (χ0v) is 15.0. The third-order valence-electron chi connectivity index (χ3n) is 3.55. The van der Waals surface area contributed by atoms with E-state index in [1.165, 1.54) is 24.3 Å². The van der Waals surface area contributed by atoms with Crippen LogP contribution in [0.4, 0.5) is 18.9 Å². The van der Waals surface area contributed by atoms with Gasteiger partial charge in [0.1, 0.15) is 11.5 Å². The Hall–Kier alpha value is -3.23. The number of rotatable bonds is 8. The summed E-state index contributed by atoms with van der Waals surface area (Å²) in [5, 5.41) is 2.37. The fraction of sp³-hybridized carbons (Fsp3) is 0.263. The molecule has 0 atom stereocenters. The number of anilines is 1. The molecule has 9 heteroatoms. The Morgan fingerprint density at radius 3 is 2.32 bits per heavy atom. The van der Waals surface area contributed by atoms with Gasteiger partial charge in [0.05, 0.1) is 17.9 Å². The van der Waals surface area contributed by atoms with Crippen LogP contribution < -0.4 is 20.5 Å². The molecule has 0 heterocycles. The van der Waals surface area contributed by atoms with Crippen molar-refractivity contribution < 1.29 is 32.2 Å². The summed E-state index contributed by atoms with van der Waals surface area (Å²) in [4.78, 5) is 23.1. The molecule has 0 radical (unpaired) electrons. The van der Waals surface area contributed by atoms with E-state index in [1.807, 2.05) is 6.92 Å². The standard InChI is InChI=1S/C19H19F3N2O4/c1-2-9-27-16-8-5-13(19(20,21)22)10-15(16)24-17(25)11-28-14-6-3-12(4-7-14)18(23)26/h3-8,10H,2,9,11H2,1H3,(H2,23,26)(H,24,25). The molecule has 0 aliphatic heterocycles. The second-order valence-electron chi connectivity index (χ2n) is 5.78. The minimum Gasteiger partial charge on any atom is -0.491 e. The molecule has 6 nitrogen and oxygen atoms in total. The third kappa shape index (κ3) is 5.90. The Balaban J connectivity index is 2.07. The van der Waals surface area contributed by atoms with Gasteiger partial charge in [0.15, 0.2) is 6.61 Å². The number of halogens is 3. The molecule has 0 saturated heterocycles. The zero-order chi connectivity index (χ0) is 20.7. The summed E-state index contributed by atoms with van der Waals surface area (Å²) >= 11 is 0. The molecule has 0 saturated carbocycles. The van der Waals surface area contributed by atoms with E-state index in [4.69, 9.17) is 15.2 Å². The average molecular weight is 396 g/mol. The highest BCUT2D eigenvalue weighted by atomic mass is 19.4. The summed E-state index contributed by atoms with van der Waals surface area (Å²) in [6.45, 7) is 1.69. The van der Waals surface area contributed by atoms with Crippen LogP contribution in [0.5, 0.6) is 11.5 Å². The normalized spacial score (nSPS) is 11.0. The number of carbonyl (C=O) groups excluding carboxylic acids is 2. The predicted octanol–water partition coefficient (Wildman–Crippen LogP) is 3.61. The molecule has 0 unspecified atom stereocenters. The molecular weight excluding hydrogens is 377 g/mol. The first-order valence-corrected chi connectivity index (χ1v) is 8.37. The van der Waals surface area contributed by atoms with Gasteiger partial charge in [-0.1, -0.05) is 6.92 Å². The van der Waals surface area contributed by atoms with Crippen molar-refractivity contribution in [3.05, 3.63) is 53.6 Å². The van der Waals surface area contributed by atoms with Crippen molar-refractivity contribution >= 4 is 17.5 Å². The van der Waals surface area contributed by atoms with E-state index in [9.17, 15) is 22.8 Å². The molecule has 0 aliphatic rings. The van der Waals surface area contributed by atoms with Gasteiger partial charge in [-0.25, -0.2) is 0 Å². The van der Waals surface area contributed by atoms with Crippen molar-refractivity contribution in [2.45, 2.75) is 19.5 Å². The van der Waals surface area contributed by atoms with Crippen LogP contribution in [0, 0.1) is 0 Å². The molecule has 2 aromatic carbocycles. The van der Waals surface area contributed by atoms with Gasteiger partial charge in [0.2, 0.25) is 5.91 Å². The predicted molar refractivity (Wildman–Crippen MR) is 96.3 cm³/mol.